The van der Waals surface area contributed by atoms with E-state index in [1.807, 2.05) is 35.2 Å². The van der Waals surface area contributed by atoms with E-state index in [9.17, 15) is 4.79 Å². The van der Waals surface area contributed by atoms with E-state index in [1.165, 1.54) is 4.88 Å². The number of likely N-dealkylation sites (tertiary alicyclic amines) is 1. The Labute approximate surface area is 137 Å². The summed E-state index contributed by atoms with van der Waals surface area (Å²) in [6.07, 6.45) is 2.62. The molecule has 1 atom stereocenters. The van der Waals surface area contributed by atoms with Gasteiger partial charge < -0.3 is 4.90 Å². The van der Waals surface area contributed by atoms with Gasteiger partial charge in [-0.15, -0.1) is 16.4 Å². The smallest absolute Gasteiger partial charge is 0.254 e. The summed E-state index contributed by atoms with van der Waals surface area (Å²) >= 11 is 1.71. The zero-order valence-electron chi connectivity index (χ0n) is 12.4. The SMILES string of the molecule is O=C(c1ccc(Cn2cnnn2)cc1)N1CC[C@H]1c1cccs1. The molecule has 0 radical (unpaired) electrons. The van der Waals surface area contributed by atoms with Gasteiger partial charge in [0, 0.05) is 17.0 Å². The fourth-order valence-corrected chi connectivity index (χ4v) is 3.64. The van der Waals surface area contributed by atoms with E-state index in [-0.39, 0.29) is 11.9 Å². The van der Waals surface area contributed by atoms with Gasteiger partial charge in [0.05, 0.1) is 12.6 Å². The van der Waals surface area contributed by atoms with Gasteiger partial charge in [-0.05, 0) is 46.0 Å². The Morgan fingerprint density at radius 2 is 2.13 bits per heavy atom. The molecule has 23 heavy (non-hydrogen) atoms. The minimum atomic E-state index is 0.101. The number of hydrogen-bond donors (Lipinski definition) is 0. The highest BCUT2D eigenvalue weighted by molar-refractivity contribution is 7.10. The maximum Gasteiger partial charge on any atom is 0.254 e. The summed E-state index contributed by atoms with van der Waals surface area (Å²) in [5, 5.41) is 13.1. The lowest BCUT2D eigenvalue weighted by atomic mass is 9.99. The number of aromatic nitrogens is 4. The van der Waals surface area contributed by atoms with Crippen LogP contribution in [0.5, 0.6) is 0 Å². The maximum atomic E-state index is 12.7. The summed E-state index contributed by atoms with van der Waals surface area (Å²) < 4.78 is 1.65. The number of tetrazole rings is 1. The molecule has 2 aromatic heterocycles. The Morgan fingerprint density at radius 1 is 1.26 bits per heavy atom. The molecule has 1 saturated heterocycles. The van der Waals surface area contributed by atoms with Gasteiger partial charge in [-0.3, -0.25) is 4.79 Å². The maximum absolute atomic E-state index is 12.7. The number of nitrogens with zero attached hydrogens (tertiary/aromatic N) is 5. The summed E-state index contributed by atoms with van der Waals surface area (Å²) in [6.45, 7) is 1.43. The van der Waals surface area contributed by atoms with E-state index in [2.05, 4.69) is 27.0 Å². The van der Waals surface area contributed by atoms with E-state index in [4.69, 9.17) is 0 Å². The van der Waals surface area contributed by atoms with Crippen molar-refractivity contribution in [2.24, 2.45) is 0 Å². The van der Waals surface area contributed by atoms with Crippen molar-refractivity contribution in [3.63, 3.8) is 0 Å². The van der Waals surface area contributed by atoms with Crippen molar-refractivity contribution in [3.8, 4) is 0 Å². The first-order valence-electron chi connectivity index (χ1n) is 7.45. The number of hydrogen-bond acceptors (Lipinski definition) is 5. The van der Waals surface area contributed by atoms with E-state index in [0.717, 1.165) is 24.1 Å². The summed E-state index contributed by atoms with van der Waals surface area (Å²) in [5.41, 5.74) is 1.79. The zero-order chi connectivity index (χ0) is 15.6. The quantitative estimate of drug-likeness (QED) is 0.739. The van der Waals surface area contributed by atoms with Crippen LogP contribution < -0.4 is 0 Å². The van der Waals surface area contributed by atoms with Gasteiger partial charge in [-0.25, -0.2) is 4.68 Å². The van der Waals surface area contributed by atoms with Crippen molar-refractivity contribution >= 4 is 17.2 Å². The van der Waals surface area contributed by atoms with Crippen molar-refractivity contribution in [1.29, 1.82) is 0 Å². The Balaban J connectivity index is 1.46. The third-order valence-corrected chi connectivity index (χ3v) is 5.06. The molecule has 6 nitrogen and oxygen atoms in total. The molecular formula is C16H15N5OS. The van der Waals surface area contributed by atoms with Crippen molar-refractivity contribution in [1.82, 2.24) is 25.1 Å². The highest BCUT2D eigenvalue weighted by Gasteiger charge is 2.34. The molecule has 116 valence electrons. The second kappa shape index (κ2) is 5.92. The fourth-order valence-electron chi connectivity index (χ4n) is 2.77. The number of rotatable bonds is 4. The first-order valence-corrected chi connectivity index (χ1v) is 8.33. The van der Waals surface area contributed by atoms with E-state index in [0.29, 0.717) is 6.54 Å². The van der Waals surface area contributed by atoms with Crippen LogP contribution in [0.4, 0.5) is 0 Å². The molecule has 0 aliphatic carbocycles. The van der Waals surface area contributed by atoms with Gasteiger partial charge in [0.2, 0.25) is 0 Å². The second-order valence-corrected chi connectivity index (χ2v) is 6.50. The molecule has 0 spiro atoms. The molecule has 0 N–H and O–H groups in total. The summed E-state index contributed by atoms with van der Waals surface area (Å²) in [4.78, 5) is 15.9. The monoisotopic (exact) mass is 325 g/mol. The van der Waals surface area contributed by atoms with Crippen molar-refractivity contribution < 1.29 is 4.79 Å². The van der Waals surface area contributed by atoms with Crippen LogP contribution in [0.2, 0.25) is 0 Å². The van der Waals surface area contributed by atoms with Gasteiger partial charge in [0.1, 0.15) is 6.33 Å². The van der Waals surface area contributed by atoms with Crippen LogP contribution in [-0.2, 0) is 6.54 Å². The average Bonchev–Trinajstić information content (AvgIpc) is 3.21. The largest absolute Gasteiger partial charge is 0.331 e. The van der Waals surface area contributed by atoms with Crippen molar-refractivity contribution in [2.45, 2.75) is 19.0 Å². The first-order chi connectivity index (χ1) is 11.3. The normalized spacial score (nSPS) is 17.0. The minimum Gasteiger partial charge on any atom is -0.331 e. The number of amides is 1. The third-order valence-electron chi connectivity index (χ3n) is 4.09. The molecule has 0 bridgehead atoms. The molecule has 1 amide bonds. The lowest BCUT2D eigenvalue weighted by molar-refractivity contribution is 0.0468. The number of carbonyl (C=O) groups is 1. The predicted molar refractivity (Wildman–Crippen MR) is 86.1 cm³/mol. The van der Waals surface area contributed by atoms with E-state index in [1.54, 1.807) is 22.3 Å². The molecule has 7 heteroatoms. The number of thiophene rings is 1. The Kier molecular flexibility index (Phi) is 3.63. The summed E-state index contributed by atoms with van der Waals surface area (Å²) in [5.74, 6) is 0.101. The predicted octanol–water partition coefficient (Wildman–Crippen LogP) is 2.37. The molecule has 4 rings (SSSR count). The number of benzene rings is 1. The topological polar surface area (TPSA) is 63.9 Å². The second-order valence-electron chi connectivity index (χ2n) is 5.52. The standard InChI is InChI=1S/C16H15N5OS/c22-16(21-8-7-14(21)15-2-1-9-23-15)13-5-3-12(4-6-13)10-20-11-17-18-19-20/h1-6,9,11,14H,7-8,10H2/t14-/m0/s1. The Morgan fingerprint density at radius 3 is 2.74 bits per heavy atom. The van der Waals surface area contributed by atoms with E-state index < -0.39 is 0 Å². The van der Waals surface area contributed by atoms with Crippen LogP contribution in [0.3, 0.4) is 0 Å². The van der Waals surface area contributed by atoms with Crippen LogP contribution in [-0.4, -0.2) is 37.6 Å². The minimum absolute atomic E-state index is 0.101. The van der Waals surface area contributed by atoms with Gasteiger partial charge in [-0.1, -0.05) is 18.2 Å². The Bertz CT molecular complexity index is 783. The fraction of sp³-hybridized carbons (Fsp3) is 0.250. The van der Waals surface area contributed by atoms with Crippen LogP contribution in [0, 0.1) is 0 Å². The Hall–Kier alpha value is -2.54. The van der Waals surface area contributed by atoms with Crippen LogP contribution >= 0.6 is 11.3 Å². The first kappa shape index (κ1) is 14.1. The molecule has 0 unspecified atom stereocenters. The molecular weight excluding hydrogens is 310 g/mol. The lowest BCUT2D eigenvalue weighted by Crippen LogP contribution is -2.44. The summed E-state index contributed by atoms with van der Waals surface area (Å²) in [7, 11) is 0. The lowest BCUT2D eigenvalue weighted by Gasteiger charge is -2.40. The summed E-state index contributed by atoms with van der Waals surface area (Å²) in [6, 6.07) is 12.0. The zero-order valence-corrected chi connectivity index (χ0v) is 13.2. The number of carbonyl (C=O) groups excluding carboxylic acids is 1. The van der Waals surface area contributed by atoms with Gasteiger partial charge >= 0.3 is 0 Å². The molecule has 1 aromatic carbocycles. The van der Waals surface area contributed by atoms with Crippen molar-refractivity contribution in [3.05, 3.63) is 64.1 Å². The van der Waals surface area contributed by atoms with Crippen LogP contribution in [0.25, 0.3) is 0 Å². The highest BCUT2D eigenvalue weighted by atomic mass is 32.1. The molecule has 3 aromatic rings. The molecule has 1 fully saturated rings. The van der Waals surface area contributed by atoms with Gasteiger partial charge in [-0.2, -0.15) is 0 Å². The molecule has 1 aliphatic heterocycles. The van der Waals surface area contributed by atoms with Crippen LogP contribution in [0.1, 0.15) is 33.3 Å². The molecule has 3 heterocycles. The molecule has 1 aliphatic rings. The average molecular weight is 325 g/mol. The molecule has 0 saturated carbocycles. The highest BCUT2D eigenvalue weighted by Crippen LogP contribution is 2.36. The van der Waals surface area contributed by atoms with Gasteiger partial charge in [0.25, 0.3) is 5.91 Å². The van der Waals surface area contributed by atoms with Crippen molar-refractivity contribution in [2.75, 3.05) is 6.54 Å². The van der Waals surface area contributed by atoms with Crippen LogP contribution in [0.15, 0.2) is 48.1 Å². The van der Waals surface area contributed by atoms with Gasteiger partial charge in [0.15, 0.2) is 0 Å². The van der Waals surface area contributed by atoms with E-state index >= 15 is 0 Å². The third kappa shape index (κ3) is 2.75.